The number of amides is 2. The third-order valence-electron chi connectivity index (χ3n) is 6.65. The molecule has 5 nitrogen and oxygen atoms in total. The molecule has 30 heavy (non-hydrogen) atoms. The van der Waals surface area contributed by atoms with Crippen LogP contribution in [0.4, 0.5) is 5.69 Å². The second kappa shape index (κ2) is 6.20. The van der Waals surface area contributed by atoms with E-state index in [9.17, 15) is 9.59 Å². The molecule has 148 valence electrons. The fourth-order valence-corrected chi connectivity index (χ4v) is 5.42. The number of aryl methyl sites for hydroxylation is 1. The molecule has 6 rings (SSSR count). The van der Waals surface area contributed by atoms with Crippen LogP contribution in [0.15, 0.2) is 77.4 Å². The third-order valence-corrected chi connectivity index (χ3v) is 6.65. The first-order valence-corrected chi connectivity index (χ1v) is 10.2. The van der Waals surface area contributed by atoms with Gasteiger partial charge in [0.15, 0.2) is 0 Å². The summed E-state index contributed by atoms with van der Waals surface area (Å²) in [6.07, 6.45) is 2.23. The topological polar surface area (TPSA) is 55.5 Å². The molecule has 0 bridgehead atoms. The van der Waals surface area contributed by atoms with Crippen LogP contribution in [0.5, 0.6) is 0 Å². The number of imide groups is 1. The number of para-hydroxylation sites is 2. The predicted molar refractivity (Wildman–Crippen MR) is 113 cm³/mol. The van der Waals surface area contributed by atoms with Gasteiger partial charge in [-0.05, 0) is 42.3 Å². The molecule has 1 aliphatic heterocycles. The fraction of sp³-hybridized carbons (Fsp3) is 0.200. The third kappa shape index (κ3) is 2.17. The van der Waals surface area contributed by atoms with Crippen molar-refractivity contribution in [1.29, 1.82) is 0 Å². The van der Waals surface area contributed by atoms with E-state index >= 15 is 0 Å². The zero-order chi connectivity index (χ0) is 20.4. The molecule has 2 amide bonds. The number of anilines is 1. The normalized spacial score (nSPS) is 23.1. The predicted octanol–water partition coefficient (Wildman–Crippen LogP) is 4.58. The molecule has 1 aliphatic carbocycles. The van der Waals surface area contributed by atoms with Gasteiger partial charge in [-0.3, -0.25) is 9.59 Å². The molecular formula is C25H20N2O3. The van der Waals surface area contributed by atoms with Crippen LogP contribution in [0.25, 0.3) is 10.9 Å². The number of nitrogens with zero attached hydrogens (tertiary/aromatic N) is 2. The number of benzene rings is 2. The maximum Gasteiger partial charge on any atom is 0.242 e. The van der Waals surface area contributed by atoms with E-state index in [-0.39, 0.29) is 17.7 Å². The lowest BCUT2D eigenvalue weighted by Gasteiger charge is -2.29. The second-order valence-corrected chi connectivity index (χ2v) is 8.11. The number of fused-ring (bicyclic) bond motifs is 5. The van der Waals surface area contributed by atoms with Crippen LogP contribution in [0.1, 0.15) is 35.3 Å². The first kappa shape index (κ1) is 17.3. The lowest BCUT2D eigenvalue weighted by atomic mass is 9.72. The van der Waals surface area contributed by atoms with Gasteiger partial charge in [-0.1, -0.05) is 36.4 Å². The molecule has 0 saturated carbocycles. The molecule has 4 aromatic rings. The summed E-state index contributed by atoms with van der Waals surface area (Å²) in [6.45, 7) is 0. The Morgan fingerprint density at radius 2 is 1.67 bits per heavy atom. The van der Waals surface area contributed by atoms with Gasteiger partial charge in [-0.25, -0.2) is 4.90 Å². The van der Waals surface area contributed by atoms with Gasteiger partial charge in [0.1, 0.15) is 5.76 Å². The standard InChI is InChI=1S/C25H20N2O3/c1-26-19-11-6-5-10-16(19)21-22-18(14-17(23(21)26)20-12-7-13-30-20)24(28)27(25(22)29)15-8-3-2-4-9-15/h2-13,17-18,22H,14H2,1H3/t17-,18-,22-/m0/s1. The van der Waals surface area contributed by atoms with Crippen LogP contribution in [0.3, 0.4) is 0 Å². The largest absolute Gasteiger partial charge is 0.469 e. The van der Waals surface area contributed by atoms with Crippen LogP contribution in [0, 0.1) is 5.92 Å². The lowest BCUT2D eigenvalue weighted by molar-refractivity contribution is -0.122. The molecule has 1 saturated heterocycles. The van der Waals surface area contributed by atoms with Crippen molar-refractivity contribution in [2.45, 2.75) is 18.3 Å². The summed E-state index contributed by atoms with van der Waals surface area (Å²) in [5.41, 5.74) is 3.75. The Morgan fingerprint density at radius 3 is 2.43 bits per heavy atom. The number of rotatable bonds is 2. The van der Waals surface area contributed by atoms with Crippen molar-refractivity contribution in [3.63, 3.8) is 0 Å². The Morgan fingerprint density at radius 1 is 0.900 bits per heavy atom. The van der Waals surface area contributed by atoms with E-state index in [1.807, 2.05) is 61.6 Å². The Labute approximate surface area is 173 Å². The number of hydrogen-bond donors (Lipinski definition) is 0. The highest BCUT2D eigenvalue weighted by Crippen LogP contribution is 2.53. The van der Waals surface area contributed by atoms with E-state index in [2.05, 4.69) is 16.7 Å². The van der Waals surface area contributed by atoms with Gasteiger partial charge in [0, 0.05) is 23.6 Å². The Kier molecular flexibility index (Phi) is 3.57. The second-order valence-electron chi connectivity index (χ2n) is 8.11. The van der Waals surface area contributed by atoms with Gasteiger partial charge in [0.05, 0.1) is 29.7 Å². The molecule has 1 fully saturated rings. The average Bonchev–Trinajstić information content (AvgIpc) is 3.47. The van der Waals surface area contributed by atoms with Crippen molar-refractivity contribution >= 4 is 28.4 Å². The summed E-state index contributed by atoms with van der Waals surface area (Å²) < 4.78 is 7.94. The van der Waals surface area contributed by atoms with E-state index in [1.54, 1.807) is 6.26 Å². The Bertz CT molecular complexity index is 1290. The summed E-state index contributed by atoms with van der Waals surface area (Å²) in [6, 6.07) is 21.2. The maximum absolute atomic E-state index is 13.6. The van der Waals surface area contributed by atoms with Crippen molar-refractivity contribution in [1.82, 2.24) is 4.57 Å². The number of carbonyl (C=O) groups excluding carboxylic acids is 2. The van der Waals surface area contributed by atoms with Crippen LogP contribution in [-0.4, -0.2) is 16.4 Å². The van der Waals surface area contributed by atoms with Gasteiger partial charge in [0.2, 0.25) is 11.8 Å². The van der Waals surface area contributed by atoms with Gasteiger partial charge in [-0.2, -0.15) is 0 Å². The minimum Gasteiger partial charge on any atom is -0.469 e. The minimum absolute atomic E-state index is 0.0684. The highest BCUT2D eigenvalue weighted by Gasteiger charge is 2.55. The molecule has 2 aliphatic rings. The maximum atomic E-state index is 13.6. The number of aromatic nitrogens is 1. The molecule has 2 aromatic carbocycles. The SMILES string of the molecule is Cn1c2c(c3ccccc31)[C@H]1C(=O)N(c3ccccc3)C(=O)[C@H]1C[C@H]2c1ccco1. The van der Waals surface area contributed by atoms with Gasteiger partial charge < -0.3 is 8.98 Å². The van der Waals surface area contributed by atoms with Crippen molar-refractivity contribution in [2.24, 2.45) is 13.0 Å². The first-order valence-electron chi connectivity index (χ1n) is 10.2. The van der Waals surface area contributed by atoms with E-state index in [0.29, 0.717) is 12.1 Å². The highest BCUT2D eigenvalue weighted by atomic mass is 16.3. The van der Waals surface area contributed by atoms with Crippen molar-refractivity contribution in [2.75, 3.05) is 4.90 Å². The van der Waals surface area contributed by atoms with Crippen molar-refractivity contribution in [3.8, 4) is 0 Å². The first-order chi connectivity index (χ1) is 14.7. The summed E-state index contributed by atoms with van der Waals surface area (Å²) in [7, 11) is 2.04. The smallest absolute Gasteiger partial charge is 0.242 e. The monoisotopic (exact) mass is 396 g/mol. The lowest BCUT2D eigenvalue weighted by Crippen LogP contribution is -2.30. The molecule has 3 heterocycles. The van der Waals surface area contributed by atoms with Crippen LogP contribution in [0.2, 0.25) is 0 Å². The molecule has 0 spiro atoms. The van der Waals surface area contributed by atoms with Crippen LogP contribution < -0.4 is 4.90 Å². The van der Waals surface area contributed by atoms with Gasteiger partial charge in [0.25, 0.3) is 0 Å². The highest BCUT2D eigenvalue weighted by molar-refractivity contribution is 6.24. The van der Waals surface area contributed by atoms with Gasteiger partial charge in [-0.15, -0.1) is 0 Å². The van der Waals surface area contributed by atoms with Crippen LogP contribution in [-0.2, 0) is 16.6 Å². The summed E-state index contributed by atoms with van der Waals surface area (Å²) in [5.74, 6) is -0.352. The summed E-state index contributed by atoms with van der Waals surface area (Å²) in [5, 5.41) is 1.04. The summed E-state index contributed by atoms with van der Waals surface area (Å²) in [4.78, 5) is 28.5. The fourth-order valence-electron chi connectivity index (χ4n) is 5.42. The molecule has 3 atom stereocenters. The number of hydrogen-bond acceptors (Lipinski definition) is 3. The molecule has 0 N–H and O–H groups in total. The minimum atomic E-state index is -0.468. The number of carbonyl (C=O) groups is 2. The van der Waals surface area contributed by atoms with E-state index in [4.69, 9.17) is 4.42 Å². The van der Waals surface area contributed by atoms with Crippen molar-refractivity contribution < 1.29 is 14.0 Å². The van der Waals surface area contributed by atoms with Crippen LogP contribution >= 0.6 is 0 Å². The molecule has 0 radical (unpaired) electrons. The number of furan rings is 1. The van der Waals surface area contributed by atoms with E-state index in [0.717, 1.165) is 27.9 Å². The van der Waals surface area contributed by atoms with E-state index < -0.39 is 11.8 Å². The van der Waals surface area contributed by atoms with Crippen molar-refractivity contribution in [3.05, 3.63) is 90.0 Å². The van der Waals surface area contributed by atoms with E-state index in [1.165, 1.54) is 4.90 Å². The Balaban J connectivity index is 1.61. The zero-order valence-corrected chi connectivity index (χ0v) is 16.5. The molecule has 2 aromatic heterocycles. The Hall–Kier alpha value is -3.60. The molecule has 0 unspecified atom stereocenters. The quantitative estimate of drug-likeness (QED) is 0.466. The van der Waals surface area contributed by atoms with Gasteiger partial charge >= 0.3 is 0 Å². The molecular weight excluding hydrogens is 376 g/mol. The zero-order valence-electron chi connectivity index (χ0n) is 16.5. The summed E-state index contributed by atoms with van der Waals surface area (Å²) >= 11 is 0. The average molecular weight is 396 g/mol. The molecule has 5 heteroatoms.